The number of carbonyl (C=O) groups excluding carboxylic acids is 1. The molecule has 3 N–H and O–H groups in total. The van der Waals surface area contributed by atoms with Gasteiger partial charge in [0.05, 0.1) is 26.1 Å². The Kier molecular flexibility index (Phi) is 3.49. The summed E-state index contributed by atoms with van der Waals surface area (Å²) in [5, 5.41) is 2.62. The highest BCUT2D eigenvalue weighted by molar-refractivity contribution is 7.80. The number of thiocarbonyl (C=S) groups is 1. The van der Waals surface area contributed by atoms with Crippen molar-refractivity contribution in [3.8, 4) is 0 Å². The maximum Gasteiger partial charge on any atom is 0.237 e. The zero-order valence-corrected chi connectivity index (χ0v) is 11.4. The third-order valence-corrected chi connectivity index (χ3v) is 3.89. The molecule has 1 fully saturated rings. The van der Waals surface area contributed by atoms with Crippen molar-refractivity contribution >= 4 is 52.0 Å². The molecule has 2 rings (SSSR count). The van der Waals surface area contributed by atoms with Crippen molar-refractivity contribution in [3.63, 3.8) is 0 Å². The number of rotatable bonds is 3. The molecule has 0 heterocycles. The highest BCUT2D eigenvalue weighted by atomic mass is 35.5. The van der Waals surface area contributed by atoms with Crippen LogP contribution in [0, 0.1) is 11.2 Å². The van der Waals surface area contributed by atoms with E-state index in [1.54, 1.807) is 0 Å². The van der Waals surface area contributed by atoms with Crippen molar-refractivity contribution in [2.24, 2.45) is 11.1 Å². The zero-order valence-electron chi connectivity index (χ0n) is 9.10. The fourth-order valence-corrected chi connectivity index (χ4v) is 2.46. The van der Waals surface area contributed by atoms with Gasteiger partial charge in [-0.25, -0.2) is 4.39 Å². The molecule has 0 spiro atoms. The van der Waals surface area contributed by atoms with Gasteiger partial charge in [0, 0.05) is 0 Å². The third-order valence-electron chi connectivity index (χ3n) is 2.90. The van der Waals surface area contributed by atoms with E-state index in [4.69, 9.17) is 41.2 Å². The Bertz CT molecular complexity index is 523. The molecule has 1 aromatic rings. The molecule has 0 radical (unpaired) electrons. The topological polar surface area (TPSA) is 55.1 Å². The lowest BCUT2D eigenvalue weighted by atomic mass is 10.1. The van der Waals surface area contributed by atoms with Crippen LogP contribution in [0.4, 0.5) is 10.1 Å². The van der Waals surface area contributed by atoms with Crippen molar-refractivity contribution in [1.29, 1.82) is 0 Å². The Hall–Kier alpha value is -0.910. The summed E-state index contributed by atoms with van der Waals surface area (Å²) in [5.41, 5.74) is 4.90. The molecular weight excluding hydrogens is 298 g/mol. The number of amides is 1. The molecule has 18 heavy (non-hydrogen) atoms. The standard InChI is InChI=1S/C11H9Cl2FN2OS/c12-6-3-5(14)4-7(13)8(6)16-10(17)11(1-2-11)9(15)18/h3-4H,1-2H2,(H2,15,18)(H,16,17). The number of anilines is 1. The van der Waals surface area contributed by atoms with Crippen LogP contribution < -0.4 is 11.1 Å². The summed E-state index contributed by atoms with van der Waals surface area (Å²) in [4.78, 5) is 12.2. The first-order valence-electron chi connectivity index (χ1n) is 5.13. The van der Waals surface area contributed by atoms with Crippen LogP contribution in [0.1, 0.15) is 12.8 Å². The number of benzene rings is 1. The average molecular weight is 307 g/mol. The third kappa shape index (κ3) is 2.30. The van der Waals surface area contributed by atoms with Crippen LogP contribution in [0.2, 0.25) is 10.0 Å². The molecule has 1 amide bonds. The average Bonchev–Trinajstić information content (AvgIpc) is 3.03. The van der Waals surface area contributed by atoms with E-state index in [2.05, 4.69) is 5.32 Å². The van der Waals surface area contributed by atoms with Crippen molar-refractivity contribution in [1.82, 2.24) is 0 Å². The maximum atomic E-state index is 13.0. The lowest BCUT2D eigenvalue weighted by Gasteiger charge is -2.15. The Morgan fingerprint density at radius 1 is 1.39 bits per heavy atom. The van der Waals surface area contributed by atoms with Gasteiger partial charge in [0.15, 0.2) is 0 Å². The number of carbonyl (C=O) groups is 1. The van der Waals surface area contributed by atoms with Gasteiger partial charge in [0.25, 0.3) is 0 Å². The molecular formula is C11H9Cl2FN2OS. The molecule has 0 saturated heterocycles. The van der Waals surface area contributed by atoms with Gasteiger partial charge in [-0.3, -0.25) is 4.79 Å². The van der Waals surface area contributed by atoms with Crippen LogP contribution in [0.3, 0.4) is 0 Å². The van der Waals surface area contributed by atoms with Crippen LogP contribution in [0.5, 0.6) is 0 Å². The van der Waals surface area contributed by atoms with E-state index in [0.29, 0.717) is 12.8 Å². The fourth-order valence-electron chi connectivity index (χ4n) is 1.61. The summed E-state index contributed by atoms with van der Waals surface area (Å²) in [7, 11) is 0. The van der Waals surface area contributed by atoms with Gasteiger partial charge >= 0.3 is 0 Å². The summed E-state index contributed by atoms with van der Waals surface area (Å²) in [5.74, 6) is -0.927. The number of nitrogens with one attached hydrogen (secondary N) is 1. The molecule has 0 aromatic heterocycles. The van der Waals surface area contributed by atoms with Crippen LogP contribution in [-0.4, -0.2) is 10.9 Å². The van der Waals surface area contributed by atoms with Crippen molar-refractivity contribution in [2.75, 3.05) is 5.32 Å². The van der Waals surface area contributed by atoms with E-state index >= 15 is 0 Å². The van der Waals surface area contributed by atoms with Gasteiger partial charge in [0.1, 0.15) is 5.82 Å². The van der Waals surface area contributed by atoms with Crippen molar-refractivity contribution in [3.05, 3.63) is 28.0 Å². The molecule has 0 bridgehead atoms. The molecule has 7 heteroatoms. The molecule has 96 valence electrons. The first kappa shape index (κ1) is 13.5. The normalized spacial score (nSPS) is 16.2. The smallest absolute Gasteiger partial charge is 0.237 e. The lowest BCUT2D eigenvalue weighted by molar-refractivity contribution is -0.118. The number of hydrogen-bond donors (Lipinski definition) is 2. The molecule has 3 nitrogen and oxygen atoms in total. The lowest BCUT2D eigenvalue weighted by Crippen LogP contribution is -2.35. The second-order valence-electron chi connectivity index (χ2n) is 4.14. The summed E-state index contributed by atoms with van der Waals surface area (Å²) in [6, 6.07) is 2.15. The Morgan fingerprint density at radius 3 is 2.28 bits per heavy atom. The van der Waals surface area contributed by atoms with E-state index in [1.165, 1.54) is 0 Å². The second-order valence-corrected chi connectivity index (χ2v) is 5.40. The molecule has 0 aliphatic heterocycles. The molecule has 0 unspecified atom stereocenters. The summed E-state index contributed by atoms with van der Waals surface area (Å²) < 4.78 is 13.0. The van der Waals surface area contributed by atoms with Crippen LogP contribution >= 0.6 is 35.4 Å². The number of halogens is 3. The summed E-state index contributed by atoms with van der Waals surface area (Å²) >= 11 is 16.5. The number of nitrogens with two attached hydrogens (primary N) is 1. The highest BCUT2D eigenvalue weighted by Gasteiger charge is 2.52. The van der Waals surface area contributed by atoms with Crippen LogP contribution in [-0.2, 0) is 4.79 Å². The quantitative estimate of drug-likeness (QED) is 0.844. The van der Waals surface area contributed by atoms with Gasteiger partial charge in [-0.1, -0.05) is 35.4 Å². The predicted octanol–water partition coefficient (Wildman–Crippen LogP) is 3.14. The molecule has 1 aromatic carbocycles. The van der Waals surface area contributed by atoms with Gasteiger partial charge < -0.3 is 11.1 Å². The predicted molar refractivity (Wildman–Crippen MR) is 73.5 cm³/mol. The molecule has 1 aliphatic rings. The summed E-state index contributed by atoms with van der Waals surface area (Å²) in [6.45, 7) is 0. The highest BCUT2D eigenvalue weighted by Crippen LogP contribution is 2.47. The minimum atomic E-state index is -0.809. The molecule has 1 saturated carbocycles. The van der Waals surface area contributed by atoms with Crippen molar-refractivity contribution in [2.45, 2.75) is 12.8 Å². The van der Waals surface area contributed by atoms with E-state index < -0.39 is 11.2 Å². The van der Waals surface area contributed by atoms with Crippen LogP contribution in [0.25, 0.3) is 0 Å². The van der Waals surface area contributed by atoms with E-state index in [0.717, 1.165) is 12.1 Å². The zero-order chi connectivity index (χ0) is 13.5. The first-order chi connectivity index (χ1) is 8.36. The monoisotopic (exact) mass is 306 g/mol. The van der Waals surface area contributed by atoms with Crippen molar-refractivity contribution < 1.29 is 9.18 Å². The fraction of sp³-hybridized carbons (Fsp3) is 0.273. The van der Waals surface area contributed by atoms with E-state index in [1.807, 2.05) is 0 Å². The van der Waals surface area contributed by atoms with E-state index in [-0.39, 0.29) is 26.6 Å². The van der Waals surface area contributed by atoms with Gasteiger partial charge in [-0.15, -0.1) is 0 Å². The minimum absolute atomic E-state index is 0.0343. The summed E-state index contributed by atoms with van der Waals surface area (Å²) in [6.07, 6.45) is 1.20. The van der Waals surface area contributed by atoms with Gasteiger partial charge in [-0.05, 0) is 25.0 Å². The Labute approximate surface area is 118 Å². The van der Waals surface area contributed by atoms with Gasteiger partial charge in [-0.2, -0.15) is 0 Å². The number of hydrogen-bond acceptors (Lipinski definition) is 2. The Morgan fingerprint density at radius 2 is 1.89 bits per heavy atom. The maximum absolute atomic E-state index is 13.0. The Balaban J connectivity index is 2.26. The molecule has 0 atom stereocenters. The second kappa shape index (κ2) is 4.64. The SMILES string of the molecule is NC(=S)C1(C(=O)Nc2c(Cl)cc(F)cc2Cl)CC1. The van der Waals surface area contributed by atoms with E-state index in [9.17, 15) is 9.18 Å². The molecule has 1 aliphatic carbocycles. The first-order valence-corrected chi connectivity index (χ1v) is 6.29. The van der Waals surface area contributed by atoms with Gasteiger partial charge in [0.2, 0.25) is 5.91 Å². The minimum Gasteiger partial charge on any atom is -0.392 e. The van der Waals surface area contributed by atoms with Crippen LogP contribution in [0.15, 0.2) is 12.1 Å². The largest absolute Gasteiger partial charge is 0.392 e.